The number of hydrogen-bond acceptors (Lipinski definition) is 3. The van der Waals surface area contributed by atoms with Gasteiger partial charge in [0.15, 0.2) is 0 Å². The SMILES string of the molecule is NC1CCC2CN(C(=O)c3cn(-c4ccccc4)nc3-c3ccccc3)CC12. The number of nitrogens with two attached hydrogens (primary N) is 1. The monoisotopic (exact) mass is 372 g/mol. The smallest absolute Gasteiger partial charge is 0.257 e. The summed E-state index contributed by atoms with van der Waals surface area (Å²) in [5, 5.41) is 4.77. The molecule has 5 heteroatoms. The van der Waals surface area contributed by atoms with Gasteiger partial charge in [-0.25, -0.2) is 4.68 Å². The quantitative estimate of drug-likeness (QED) is 0.767. The highest BCUT2D eigenvalue weighted by Gasteiger charge is 2.43. The number of nitrogens with zero attached hydrogens (tertiary/aromatic N) is 3. The maximum absolute atomic E-state index is 13.5. The zero-order valence-corrected chi connectivity index (χ0v) is 15.7. The van der Waals surface area contributed by atoms with Gasteiger partial charge in [-0.2, -0.15) is 5.10 Å². The van der Waals surface area contributed by atoms with Crippen LogP contribution in [0.5, 0.6) is 0 Å². The van der Waals surface area contributed by atoms with Crippen molar-refractivity contribution in [3.8, 4) is 16.9 Å². The summed E-state index contributed by atoms with van der Waals surface area (Å²) in [6.45, 7) is 1.57. The Morgan fingerprint density at radius 3 is 2.39 bits per heavy atom. The number of fused-ring (bicyclic) bond motifs is 1. The molecule has 1 saturated heterocycles. The molecule has 2 fully saturated rings. The number of rotatable bonds is 3. The lowest BCUT2D eigenvalue weighted by Gasteiger charge is -2.18. The lowest BCUT2D eigenvalue weighted by molar-refractivity contribution is 0.0780. The Balaban J connectivity index is 1.53. The van der Waals surface area contributed by atoms with Crippen molar-refractivity contribution < 1.29 is 4.79 Å². The highest BCUT2D eigenvalue weighted by molar-refractivity contribution is 6.00. The molecule has 3 unspecified atom stereocenters. The fourth-order valence-corrected chi connectivity index (χ4v) is 4.70. The van der Waals surface area contributed by atoms with Crippen LogP contribution >= 0.6 is 0 Å². The van der Waals surface area contributed by atoms with Crippen molar-refractivity contribution in [1.29, 1.82) is 0 Å². The van der Waals surface area contributed by atoms with Gasteiger partial charge in [0.05, 0.1) is 11.3 Å². The molecule has 5 rings (SSSR count). The molecular formula is C23H24N4O. The highest BCUT2D eigenvalue weighted by Crippen LogP contribution is 2.38. The van der Waals surface area contributed by atoms with Crippen LogP contribution in [0.25, 0.3) is 16.9 Å². The molecule has 2 aromatic carbocycles. The third kappa shape index (κ3) is 2.92. The molecule has 5 nitrogen and oxygen atoms in total. The Bertz CT molecular complexity index is 982. The fraction of sp³-hybridized carbons (Fsp3) is 0.304. The molecule has 0 radical (unpaired) electrons. The third-order valence-electron chi connectivity index (χ3n) is 6.21. The number of para-hydroxylation sites is 1. The number of aromatic nitrogens is 2. The van der Waals surface area contributed by atoms with E-state index in [2.05, 4.69) is 0 Å². The first-order valence-corrected chi connectivity index (χ1v) is 9.96. The average Bonchev–Trinajstić information content (AvgIpc) is 3.45. The van der Waals surface area contributed by atoms with Gasteiger partial charge >= 0.3 is 0 Å². The van der Waals surface area contributed by atoms with Crippen molar-refractivity contribution in [1.82, 2.24) is 14.7 Å². The lowest BCUT2D eigenvalue weighted by atomic mass is 9.98. The maximum atomic E-state index is 13.5. The summed E-state index contributed by atoms with van der Waals surface area (Å²) in [6.07, 6.45) is 4.08. The van der Waals surface area contributed by atoms with Crippen LogP contribution < -0.4 is 5.73 Å². The second-order valence-electron chi connectivity index (χ2n) is 7.91. The minimum atomic E-state index is 0.0580. The van der Waals surface area contributed by atoms with E-state index in [1.165, 1.54) is 0 Å². The Morgan fingerprint density at radius 1 is 0.964 bits per heavy atom. The number of carbonyl (C=O) groups excluding carboxylic acids is 1. The summed E-state index contributed by atoms with van der Waals surface area (Å²) in [7, 11) is 0. The molecule has 3 aromatic rings. The molecule has 3 atom stereocenters. The number of amides is 1. The van der Waals surface area contributed by atoms with Gasteiger partial charge in [0.2, 0.25) is 0 Å². The van der Waals surface area contributed by atoms with Crippen molar-refractivity contribution in [3.05, 3.63) is 72.4 Å². The minimum Gasteiger partial charge on any atom is -0.338 e. The van der Waals surface area contributed by atoms with Gasteiger partial charge in [0, 0.05) is 30.9 Å². The first-order chi connectivity index (χ1) is 13.7. The van der Waals surface area contributed by atoms with Gasteiger partial charge in [-0.15, -0.1) is 0 Å². The second-order valence-corrected chi connectivity index (χ2v) is 7.91. The molecule has 1 aliphatic heterocycles. The van der Waals surface area contributed by atoms with Crippen LogP contribution in [0.4, 0.5) is 0 Å². The lowest BCUT2D eigenvalue weighted by Crippen LogP contribution is -2.33. The number of likely N-dealkylation sites (tertiary alicyclic amines) is 1. The van der Waals surface area contributed by atoms with E-state index >= 15 is 0 Å². The van der Waals surface area contributed by atoms with Crippen molar-refractivity contribution in [2.45, 2.75) is 18.9 Å². The fourth-order valence-electron chi connectivity index (χ4n) is 4.70. The summed E-state index contributed by atoms with van der Waals surface area (Å²) in [5.74, 6) is 1.04. The van der Waals surface area contributed by atoms with E-state index in [9.17, 15) is 4.79 Å². The van der Waals surface area contributed by atoms with Crippen LogP contribution in [-0.4, -0.2) is 39.7 Å². The van der Waals surface area contributed by atoms with Gasteiger partial charge in [-0.3, -0.25) is 4.79 Å². The Morgan fingerprint density at radius 2 is 1.68 bits per heavy atom. The molecule has 0 bridgehead atoms. The summed E-state index contributed by atoms with van der Waals surface area (Å²) >= 11 is 0. The van der Waals surface area contributed by atoms with Gasteiger partial charge < -0.3 is 10.6 Å². The standard InChI is InChI=1S/C23H24N4O/c24-21-12-11-17-13-26(14-19(17)21)23(28)20-15-27(18-9-5-2-6-10-18)25-22(20)16-7-3-1-4-8-16/h1-10,15,17,19,21H,11-14,24H2. The van der Waals surface area contributed by atoms with E-state index in [4.69, 9.17) is 10.8 Å². The van der Waals surface area contributed by atoms with Crippen molar-refractivity contribution in [2.24, 2.45) is 17.6 Å². The van der Waals surface area contributed by atoms with E-state index in [1.807, 2.05) is 71.8 Å². The average molecular weight is 372 g/mol. The van der Waals surface area contributed by atoms with Gasteiger partial charge in [0.1, 0.15) is 5.69 Å². The van der Waals surface area contributed by atoms with Crippen LogP contribution in [0.3, 0.4) is 0 Å². The molecule has 1 aromatic heterocycles. The van der Waals surface area contributed by atoms with E-state index in [0.29, 0.717) is 17.4 Å². The predicted molar refractivity (Wildman–Crippen MR) is 109 cm³/mol. The van der Waals surface area contributed by atoms with E-state index in [1.54, 1.807) is 4.68 Å². The Kier molecular flexibility index (Phi) is 4.24. The van der Waals surface area contributed by atoms with Gasteiger partial charge in [0.25, 0.3) is 5.91 Å². The molecule has 1 amide bonds. The summed E-state index contributed by atoms with van der Waals surface area (Å²) in [5.41, 5.74) is 9.55. The van der Waals surface area contributed by atoms with Crippen LogP contribution in [0.15, 0.2) is 66.9 Å². The van der Waals surface area contributed by atoms with Crippen LogP contribution in [0.2, 0.25) is 0 Å². The highest BCUT2D eigenvalue weighted by atomic mass is 16.2. The maximum Gasteiger partial charge on any atom is 0.257 e. The molecule has 1 aliphatic carbocycles. The molecule has 2 N–H and O–H groups in total. The first-order valence-electron chi connectivity index (χ1n) is 9.96. The van der Waals surface area contributed by atoms with Gasteiger partial charge in [-0.05, 0) is 36.8 Å². The predicted octanol–water partition coefficient (Wildman–Crippen LogP) is 3.35. The zero-order chi connectivity index (χ0) is 19.1. The largest absolute Gasteiger partial charge is 0.338 e. The Hall–Kier alpha value is -2.92. The van der Waals surface area contributed by atoms with Crippen molar-refractivity contribution in [2.75, 3.05) is 13.1 Å². The summed E-state index contributed by atoms with van der Waals surface area (Å²) < 4.78 is 1.80. The number of carbonyl (C=O) groups is 1. The molecule has 142 valence electrons. The number of benzene rings is 2. The zero-order valence-electron chi connectivity index (χ0n) is 15.7. The van der Waals surface area contributed by atoms with Gasteiger partial charge in [-0.1, -0.05) is 48.5 Å². The topological polar surface area (TPSA) is 64.2 Å². The summed E-state index contributed by atoms with van der Waals surface area (Å²) in [4.78, 5) is 15.4. The normalized spacial score (nSPS) is 23.8. The van der Waals surface area contributed by atoms with E-state index < -0.39 is 0 Å². The van der Waals surface area contributed by atoms with Crippen molar-refractivity contribution >= 4 is 5.91 Å². The summed E-state index contributed by atoms with van der Waals surface area (Å²) in [6, 6.07) is 20.1. The molecule has 1 saturated carbocycles. The molecule has 2 heterocycles. The second kappa shape index (κ2) is 6.91. The van der Waals surface area contributed by atoms with Crippen LogP contribution in [-0.2, 0) is 0 Å². The number of hydrogen-bond donors (Lipinski definition) is 1. The Labute approximate surface area is 164 Å². The van der Waals surface area contributed by atoms with Crippen molar-refractivity contribution in [3.63, 3.8) is 0 Å². The van der Waals surface area contributed by atoms with E-state index in [0.717, 1.165) is 42.9 Å². The van der Waals surface area contributed by atoms with E-state index in [-0.39, 0.29) is 11.9 Å². The molecule has 28 heavy (non-hydrogen) atoms. The third-order valence-corrected chi connectivity index (χ3v) is 6.21. The minimum absolute atomic E-state index is 0.0580. The molecular weight excluding hydrogens is 348 g/mol. The molecule has 0 spiro atoms. The van der Waals surface area contributed by atoms with Crippen LogP contribution in [0.1, 0.15) is 23.2 Å². The molecule has 2 aliphatic rings. The first kappa shape index (κ1) is 17.2. The van der Waals surface area contributed by atoms with Crippen LogP contribution in [0, 0.1) is 11.8 Å².